The molecule has 0 aliphatic rings. The maximum Gasteiger partial charge on any atom is 0.222 e. The summed E-state index contributed by atoms with van der Waals surface area (Å²) in [6.45, 7) is 1.43. The summed E-state index contributed by atoms with van der Waals surface area (Å²) in [7, 11) is 1.62. The van der Waals surface area contributed by atoms with E-state index in [4.69, 9.17) is 4.74 Å². The van der Waals surface area contributed by atoms with Crippen LogP contribution in [-0.2, 0) is 4.79 Å². The minimum absolute atomic E-state index is 0.168. The van der Waals surface area contributed by atoms with E-state index >= 15 is 0 Å². The molecular weight excluding hydrogens is 230 g/mol. The summed E-state index contributed by atoms with van der Waals surface area (Å²) in [5.41, 5.74) is 1.64. The smallest absolute Gasteiger partial charge is 0.222 e. The van der Waals surface area contributed by atoms with Crippen LogP contribution in [0.3, 0.4) is 0 Å². The summed E-state index contributed by atoms with van der Waals surface area (Å²) in [4.78, 5) is 19.2. The van der Waals surface area contributed by atoms with Gasteiger partial charge in [0.15, 0.2) is 5.82 Å². The third-order valence-corrected chi connectivity index (χ3v) is 2.32. The molecule has 0 fully saturated rings. The van der Waals surface area contributed by atoms with Crippen LogP contribution in [0.25, 0.3) is 11.3 Å². The third kappa shape index (κ3) is 2.82. The van der Waals surface area contributed by atoms with Crippen molar-refractivity contribution in [2.75, 3.05) is 12.4 Å². The predicted octanol–water partition coefficient (Wildman–Crippen LogP) is 2.11. The molecule has 1 N–H and O–H groups in total. The van der Waals surface area contributed by atoms with E-state index in [0.29, 0.717) is 5.82 Å². The molecule has 0 atom stereocenters. The summed E-state index contributed by atoms with van der Waals surface area (Å²) in [5.74, 6) is 1.04. The van der Waals surface area contributed by atoms with Gasteiger partial charge in [0.2, 0.25) is 5.91 Å². The van der Waals surface area contributed by atoms with Crippen molar-refractivity contribution < 1.29 is 9.53 Å². The summed E-state index contributed by atoms with van der Waals surface area (Å²) in [5, 5.41) is 2.57. The van der Waals surface area contributed by atoms with Crippen LogP contribution in [0.15, 0.2) is 36.7 Å². The summed E-state index contributed by atoms with van der Waals surface area (Å²) in [6.07, 6.45) is 3.14. The van der Waals surface area contributed by atoms with Crippen molar-refractivity contribution in [1.29, 1.82) is 0 Å². The Labute approximate surface area is 105 Å². The molecule has 18 heavy (non-hydrogen) atoms. The van der Waals surface area contributed by atoms with E-state index in [2.05, 4.69) is 15.3 Å². The number of amides is 1. The number of aromatic nitrogens is 2. The second-order valence-corrected chi connectivity index (χ2v) is 3.70. The maximum atomic E-state index is 10.9. The molecule has 2 aromatic rings. The quantitative estimate of drug-likeness (QED) is 0.896. The van der Waals surface area contributed by atoms with Gasteiger partial charge < -0.3 is 10.1 Å². The molecule has 5 heteroatoms. The molecule has 0 aliphatic heterocycles. The second-order valence-electron chi connectivity index (χ2n) is 3.70. The van der Waals surface area contributed by atoms with E-state index in [1.165, 1.54) is 13.1 Å². The monoisotopic (exact) mass is 243 g/mol. The van der Waals surface area contributed by atoms with Crippen LogP contribution < -0.4 is 10.1 Å². The van der Waals surface area contributed by atoms with Gasteiger partial charge in [-0.2, -0.15) is 0 Å². The number of carbonyl (C=O) groups excluding carboxylic acids is 1. The molecule has 1 aromatic carbocycles. The first-order valence-electron chi connectivity index (χ1n) is 5.43. The number of nitrogens with zero attached hydrogens (tertiary/aromatic N) is 2. The highest BCUT2D eigenvalue weighted by atomic mass is 16.5. The molecule has 0 saturated carbocycles. The lowest BCUT2D eigenvalue weighted by Gasteiger charge is -2.05. The summed E-state index contributed by atoms with van der Waals surface area (Å²) < 4.78 is 5.15. The van der Waals surface area contributed by atoms with Crippen LogP contribution in [0, 0.1) is 0 Å². The molecule has 0 spiro atoms. The number of hydrogen-bond donors (Lipinski definition) is 1. The van der Waals surface area contributed by atoms with E-state index in [1.54, 1.807) is 13.3 Å². The van der Waals surface area contributed by atoms with Crippen LogP contribution in [0.5, 0.6) is 5.75 Å². The van der Waals surface area contributed by atoms with Gasteiger partial charge in [-0.1, -0.05) is 12.1 Å². The van der Waals surface area contributed by atoms with E-state index in [9.17, 15) is 4.79 Å². The Kier molecular flexibility index (Phi) is 3.52. The average molecular weight is 243 g/mol. The molecule has 0 bridgehead atoms. The van der Waals surface area contributed by atoms with Gasteiger partial charge >= 0.3 is 0 Å². The van der Waals surface area contributed by atoms with E-state index in [-0.39, 0.29) is 5.91 Å². The Morgan fingerprint density at radius 3 is 2.72 bits per heavy atom. The fourth-order valence-corrected chi connectivity index (χ4v) is 1.50. The van der Waals surface area contributed by atoms with Crippen LogP contribution in [-0.4, -0.2) is 23.0 Å². The molecule has 5 nitrogen and oxygen atoms in total. The summed E-state index contributed by atoms with van der Waals surface area (Å²) in [6, 6.07) is 7.55. The van der Waals surface area contributed by atoms with Gasteiger partial charge in [-0.3, -0.25) is 9.78 Å². The molecule has 0 unspecified atom stereocenters. The Bertz CT molecular complexity index is 552. The standard InChI is InChI=1S/C13H13N3O2/c1-9(17)16-13-8-14-12(7-15-13)10-4-3-5-11(6-10)18-2/h3-8H,1-2H3,(H,15,16,17). The van der Waals surface area contributed by atoms with Gasteiger partial charge in [0.25, 0.3) is 0 Å². The molecule has 1 heterocycles. The first-order chi connectivity index (χ1) is 8.69. The highest BCUT2D eigenvalue weighted by Crippen LogP contribution is 2.21. The minimum Gasteiger partial charge on any atom is -0.497 e. The lowest BCUT2D eigenvalue weighted by atomic mass is 10.1. The Morgan fingerprint density at radius 2 is 2.11 bits per heavy atom. The fraction of sp³-hybridized carbons (Fsp3) is 0.154. The van der Waals surface area contributed by atoms with Crippen LogP contribution in [0.1, 0.15) is 6.92 Å². The zero-order valence-electron chi connectivity index (χ0n) is 10.2. The van der Waals surface area contributed by atoms with Crippen molar-refractivity contribution in [2.24, 2.45) is 0 Å². The van der Waals surface area contributed by atoms with Crippen LogP contribution >= 0.6 is 0 Å². The first-order valence-corrected chi connectivity index (χ1v) is 5.43. The second kappa shape index (κ2) is 5.27. The first kappa shape index (κ1) is 12.0. The van der Waals surface area contributed by atoms with Gasteiger partial charge in [-0.15, -0.1) is 0 Å². The minimum atomic E-state index is -0.168. The maximum absolute atomic E-state index is 10.9. The van der Waals surface area contributed by atoms with Crippen LogP contribution in [0.4, 0.5) is 5.82 Å². The number of hydrogen-bond acceptors (Lipinski definition) is 4. The zero-order valence-corrected chi connectivity index (χ0v) is 10.2. The summed E-state index contributed by atoms with van der Waals surface area (Å²) >= 11 is 0. The van der Waals surface area contributed by atoms with Gasteiger partial charge in [0.1, 0.15) is 5.75 Å². The number of nitrogens with one attached hydrogen (secondary N) is 1. The molecule has 2 rings (SSSR count). The normalized spacial score (nSPS) is 9.89. The Morgan fingerprint density at radius 1 is 1.28 bits per heavy atom. The highest BCUT2D eigenvalue weighted by molar-refractivity contribution is 5.87. The molecule has 1 amide bonds. The molecule has 92 valence electrons. The SMILES string of the molecule is COc1cccc(-c2cnc(NC(C)=O)cn2)c1. The van der Waals surface area contributed by atoms with Gasteiger partial charge in [0.05, 0.1) is 25.2 Å². The van der Waals surface area contributed by atoms with Gasteiger partial charge in [-0.25, -0.2) is 4.98 Å². The van der Waals surface area contributed by atoms with Crippen molar-refractivity contribution in [3.8, 4) is 17.0 Å². The molecule has 1 aromatic heterocycles. The molecule has 0 saturated heterocycles. The molecular formula is C13H13N3O2. The lowest BCUT2D eigenvalue weighted by molar-refractivity contribution is -0.114. The number of methoxy groups -OCH3 is 1. The third-order valence-electron chi connectivity index (χ3n) is 2.32. The average Bonchev–Trinajstić information content (AvgIpc) is 2.39. The lowest BCUT2D eigenvalue weighted by Crippen LogP contribution is -2.07. The number of rotatable bonds is 3. The Balaban J connectivity index is 2.25. The predicted molar refractivity (Wildman–Crippen MR) is 68.3 cm³/mol. The zero-order chi connectivity index (χ0) is 13.0. The van der Waals surface area contributed by atoms with Crippen molar-refractivity contribution in [1.82, 2.24) is 9.97 Å². The number of anilines is 1. The van der Waals surface area contributed by atoms with Gasteiger partial charge in [0, 0.05) is 12.5 Å². The van der Waals surface area contributed by atoms with Crippen molar-refractivity contribution in [3.63, 3.8) is 0 Å². The molecule has 0 radical (unpaired) electrons. The number of benzene rings is 1. The number of carbonyl (C=O) groups is 1. The Hall–Kier alpha value is -2.43. The highest BCUT2D eigenvalue weighted by Gasteiger charge is 2.03. The van der Waals surface area contributed by atoms with Gasteiger partial charge in [-0.05, 0) is 12.1 Å². The molecule has 0 aliphatic carbocycles. The number of ether oxygens (including phenoxy) is 1. The van der Waals surface area contributed by atoms with E-state index in [0.717, 1.165) is 17.0 Å². The van der Waals surface area contributed by atoms with E-state index < -0.39 is 0 Å². The van der Waals surface area contributed by atoms with E-state index in [1.807, 2.05) is 24.3 Å². The fourth-order valence-electron chi connectivity index (χ4n) is 1.50. The van der Waals surface area contributed by atoms with Crippen molar-refractivity contribution >= 4 is 11.7 Å². The largest absolute Gasteiger partial charge is 0.497 e. The topological polar surface area (TPSA) is 64.1 Å². The van der Waals surface area contributed by atoms with Crippen LogP contribution in [0.2, 0.25) is 0 Å². The van der Waals surface area contributed by atoms with Crippen molar-refractivity contribution in [2.45, 2.75) is 6.92 Å². The van der Waals surface area contributed by atoms with Crippen molar-refractivity contribution in [3.05, 3.63) is 36.7 Å².